The highest BCUT2D eigenvalue weighted by molar-refractivity contribution is 6.32. The van der Waals surface area contributed by atoms with Gasteiger partial charge >= 0.3 is 0 Å². The molecule has 0 atom stereocenters. The van der Waals surface area contributed by atoms with Crippen LogP contribution in [0.4, 0.5) is 11.4 Å². The summed E-state index contributed by atoms with van der Waals surface area (Å²) in [7, 11) is 0. The average Bonchev–Trinajstić information content (AvgIpc) is 2.77. The quantitative estimate of drug-likeness (QED) is 0.496. The predicted octanol–water partition coefficient (Wildman–Crippen LogP) is 3.94. The van der Waals surface area contributed by atoms with Gasteiger partial charge in [-0.2, -0.15) is 5.26 Å². The summed E-state index contributed by atoms with van der Waals surface area (Å²) in [5.41, 5.74) is 8.21. The molecule has 8 heteroatoms. The number of benzene rings is 3. The number of nitrogens with zero attached hydrogens (tertiary/aromatic N) is 1. The Bertz CT molecular complexity index is 1140. The number of halogens is 1. The molecule has 0 aromatic heterocycles. The lowest BCUT2D eigenvalue weighted by Crippen LogP contribution is -2.21. The van der Waals surface area contributed by atoms with E-state index in [2.05, 4.69) is 16.7 Å². The molecular formula is C23H19ClN4O3. The summed E-state index contributed by atoms with van der Waals surface area (Å²) >= 11 is 6.27. The number of nitrogens with one attached hydrogen (secondary N) is 2. The summed E-state index contributed by atoms with van der Waals surface area (Å²) in [6, 6.07) is 20.7. The van der Waals surface area contributed by atoms with Gasteiger partial charge in [0.2, 0.25) is 11.8 Å². The standard InChI is InChI=1S/C23H19ClN4O3/c24-20-11-19(8-9-21(20)31-14-16-3-1-2-15(10-16)12-25)28-22(29)13-27-18-6-4-17(5-7-18)23(26)30/h1-11,27H,13-14H2,(H2,26,30)(H,28,29). The third kappa shape index (κ3) is 6.23. The number of hydrogen-bond acceptors (Lipinski definition) is 5. The van der Waals surface area contributed by atoms with Crippen molar-refractivity contribution in [2.45, 2.75) is 6.61 Å². The van der Waals surface area contributed by atoms with Crippen LogP contribution < -0.4 is 21.1 Å². The maximum Gasteiger partial charge on any atom is 0.248 e. The van der Waals surface area contributed by atoms with E-state index in [4.69, 9.17) is 27.3 Å². The number of ether oxygens (including phenoxy) is 1. The first-order valence-corrected chi connectivity index (χ1v) is 9.67. The number of carbonyl (C=O) groups excluding carboxylic acids is 2. The van der Waals surface area contributed by atoms with Gasteiger partial charge in [-0.15, -0.1) is 0 Å². The Morgan fingerprint density at radius 1 is 1.03 bits per heavy atom. The Hall–Kier alpha value is -4.02. The van der Waals surface area contributed by atoms with Crippen molar-refractivity contribution in [1.29, 1.82) is 5.26 Å². The monoisotopic (exact) mass is 434 g/mol. The van der Waals surface area contributed by atoms with E-state index >= 15 is 0 Å². The molecule has 156 valence electrons. The maximum atomic E-state index is 12.2. The fourth-order valence-electron chi connectivity index (χ4n) is 2.73. The van der Waals surface area contributed by atoms with Crippen molar-refractivity contribution in [2.24, 2.45) is 5.73 Å². The van der Waals surface area contributed by atoms with Gasteiger partial charge in [-0.05, 0) is 60.2 Å². The van der Waals surface area contributed by atoms with E-state index in [1.54, 1.807) is 60.7 Å². The van der Waals surface area contributed by atoms with Gasteiger partial charge in [-0.3, -0.25) is 9.59 Å². The molecule has 7 nitrogen and oxygen atoms in total. The first-order valence-electron chi connectivity index (χ1n) is 9.29. The Morgan fingerprint density at radius 3 is 2.45 bits per heavy atom. The molecule has 4 N–H and O–H groups in total. The summed E-state index contributed by atoms with van der Waals surface area (Å²) in [6.07, 6.45) is 0. The second-order valence-electron chi connectivity index (χ2n) is 6.59. The topological polar surface area (TPSA) is 117 Å². The number of rotatable bonds is 8. The molecule has 0 aliphatic heterocycles. The molecule has 0 saturated heterocycles. The van der Waals surface area contributed by atoms with Crippen LogP contribution in [0.3, 0.4) is 0 Å². The van der Waals surface area contributed by atoms with Gasteiger partial charge < -0.3 is 21.1 Å². The minimum atomic E-state index is -0.510. The second kappa shape index (κ2) is 10.1. The SMILES string of the molecule is N#Cc1cccc(COc2ccc(NC(=O)CNc3ccc(C(N)=O)cc3)cc2Cl)c1. The lowest BCUT2D eigenvalue weighted by molar-refractivity contribution is -0.114. The highest BCUT2D eigenvalue weighted by Gasteiger charge is 2.08. The minimum absolute atomic E-state index is 0.0288. The molecule has 2 amide bonds. The molecule has 0 aliphatic carbocycles. The molecule has 0 saturated carbocycles. The van der Waals surface area contributed by atoms with Crippen molar-refractivity contribution < 1.29 is 14.3 Å². The fourth-order valence-corrected chi connectivity index (χ4v) is 2.96. The van der Waals surface area contributed by atoms with Gasteiger partial charge in [-0.25, -0.2) is 0 Å². The van der Waals surface area contributed by atoms with Gasteiger partial charge in [-0.1, -0.05) is 23.7 Å². The van der Waals surface area contributed by atoms with Crippen molar-refractivity contribution in [3.05, 3.63) is 88.4 Å². The van der Waals surface area contributed by atoms with Crippen LogP contribution >= 0.6 is 11.6 Å². The normalized spacial score (nSPS) is 10.1. The highest BCUT2D eigenvalue weighted by atomic mass is 35.5. The zero-order valence-electron chi connectivity index (χ0n) is 16.4. The Labute approximate surface area is 184 Å². The van der Waals surface area contributed by atoms with Crippen LogP contribution in [-0.2, 0) is 11.4 Å². The van der Waals surface area contributed by atoms with Crippen LogP contribution in [0, 0.1) is 11.3 Å². The van der Waals surface area contributed by atoms with Crippen LogP contribution in [0.2, 0.25) is 5.02 Å². The van der Waals surface area contributed by atoms with E-state index in [-0.39, 0.29) is 19.1 Å². The van der Waals surface area contributed by atoms with E-state index in [0.717, 1.165) is 5.56 Å². The number of carbonyl (C=O) groups is 2. The Balaban J connectivity index is 1.52. The van der Waals surface area contributed by atoms with Gasteiger partial charge in [0.25, 0.3) is 0 Å². The first-order chi connectivity index (χ1) is 14.9. The lowest BCUT2D eigenvalue weighted by Gasteiger charge is -2.11. The van der Waals surface area contributed by atoms with Gasteiger partial charge in [0.1, 0.15) is 12.4 Å². The summed E-state index contributed by atoms with van der Waals surface area (Å²) in [5.74, 6) is -0.309. The number of anilines is 2. The molecule has 0 bridgehead atoms. The summed E-state index contributed by atoms with van der Waals surface area (Å²) in [5, 5.41) is 15.0. The number of primary amides is 1. The minimum Gasteiger partial charge on any atom is -0.487 e. The molecule has 0 unspecified atom stereocenters. The maximum absolute atomic E-state index is 12.2. The molecule has 0 heterocycles. The molecule has 31 heavy (non-hydrogen) atoms. The zero-order chi connectivity index (χ0) is 22.2. The summed E-state index contributed by atoms with van der Waals surface area (Å²) in [6.45, 7) is 0.292. The third-order valence-electron chi connectivity index (χ3n) is 4.29. The third-order valence-corrected chi connectivity index (χ3v) is 4.58. The first kappa shape index (κ1) is 21.7. The molecule has 0 aliphatic rings. The summed E-state index contributed by atoms with van der Waals surface area (Å²) in [4.78, 5) is 23.3. The van der Waals surface area contributed by atoms with Crippen LogP contribution in [-0.4, -0.2) is 18.4 Å². The van der Waals surface area contributed by atoms with Crippen LogP contribution in [0.15, 0.2) is 66.7 Å². The number of hydrogen-bond donors (Lipinski definition) is 3. The van der Waals surface area contributed by atoms with Crippen molar-refractivity contribution in [2.75, 3.05) is 17.2 Å². The fraction of sp³-hybridized carbons (Fsp3) is 0.0870. The Kier molecular flexibility index (Phi) is 7.09. The second-order valence-corrected chi connectivity index (χ2v) is 7.00. The van der Waals surface area contributed by atoms with Crippen LogP contribution in [0.25, 0.3) is 0 Å². The molecule has 0 spiro atoms. The van der Waals surface area contributed by atoms with Crippen molar-refractivity contribution in [1.82, 2.24) is 0 Å². The number of nitrogens with two attached hydrogens (primary N) is 1. The van der Waals surface area contributed by atoms with E-state index in [0.29, 0.717) is 33.3 Å². The summed E-state index contributed by atoms with van der Waals surface area (Å²) < 4.78 is 5.71. The molecule has 0 radical (unpaired) electrons. The predicted molar refractivity (Wildman–Crippen MR) is 119 cm³/mol. The number of nitriles is 1. The molecule has 3 aromatic rings. The zero-order valence-corrected chi connectivity index (χ0v) is 17.1. The van der Waals surface area contributed by atoms with Gasteiger partial charge in [0, 0.05) is 16.9 Å². The average molecular weight is 435 g/mol. The van der Waals surface area contributed by atoms with Gasteiger partial charge in [0.05, 0.1) is 23.2 Å². The molecule has 3 rings (SSSR count). The molecule has 0 fully saturated rings. The molecule has 3 aromatic carbocycles. The van der Waals surface area contributed by atoms with Crippen LogP contribution in [0.1, 0.15) is 21.5 Å². The van der Waals surface area contributed by atoms with E-state index < -0.39 is 5.91 Å². The van der Waals surface area contributed by atoms with Gasteiger partial charge in [0.15, 0.2) is 0 Å². The van der Waals surface area contributed by atoms with Crippen molar-refractivity contribution >= 4 is 34.8 Å². The molecular weight excluding hydrogens is 416 g/mol. The number of amides is 2. The van der Waals surface area contributed by atoms with Crippen LogP contribution in [0.5, 0.6) is 5.75 Å². The smallest absolute Gasteiger partial charge is 0.248 e. The Morgan fingerprint density at radius 2 is 1.77 bits per heavy atom. The van der Waals surface area contributed by atoms with Crippen molar-refractivity contribution in [3.63, 3.8) is 0 Å². The highest BCUT2D eigenvalue weighted by Crippen LogP contribution is 2.28. The van der Waals surface area contributed by atoms with Crippen molar-refractivity contribution in [3.8, 4) is 11.8 Å². The van der Waals surface area contributed by atoms with E-state index in [9.17, 15) is 9.59 Å². The lowest BCUT2D eigenvalue weighted by atomic mass is 10.1. The largest absolute Gasteiger partial charge is 0.487 e. The van der Waals surface area contributed by atoms with E-state index in [1.807, 2.05) is 6.07 Å². The van der Waals surface area contributed by atoms with E-state index in [1.165, 1.54) is 0 Å².